The summed E-state index contributed by atoms with van der Waals surface area (Å²) < 4.78 is 6.24. The number of carbonyl (C=O) groups is 1. The molecule has 6 nitrogen and oxygen atoms in total. The summed E-state index contributed by atoms with van der Waals surface area (Å²) in [7, 11) is 0. The molecule has 0 spiro atoms. The zero-order valence-electron chi connectivity index (χ0n) is 20.1. The zero-order valence-corrected chi connectivity index (χ0v) is 20.1. The first-order valence-corrected chi connectivity index (χ1v) is 12.1. The van der Waals surface area contributed by atoms with E-state index in [0.717, 1.165) is 49.7 Å². The summed E-state index contributed by atoms with van der Waals surface area (Å²) in [6.45, 7) is 8.78. The van der Waals surface area contributed by atoms with E-state index in [1.54, 1.807) is 25.1 Å². The first-order valence-electron chi connectivity index (χ1n) is 12.1. The van der Waals surface area contributed by atoms with Crippen LogP contribution in [0.25, 0.3) is 22.3 Å². The van der Waals surface area contributed by atoms with Crippen LogP contribution >= 0.6 is 0 Å². The number of rotatable bonds is 5. The summed E-state index contributed by atoms with van der Waals surface area (Å²) in [5, 5.41) is 3.48. The summed E-state index contributed by atoms with van der Waals surface area (Å²) in [5.74, 6) is 0.179. The Bertz CT molecular complexity index is 1420. The molecule has 1 fully saturated rings. The number of amides is 1. The third kappa shape index (κ3) is 4.45. The van der Waals surface area contributed by atoms with Gasteiger partial charge in [-0.25, -0.2) is 0 Å². The fourth-order valence-corrected chi connectivity index (χ4v) is 4.70. The van der Waals surface area contributed by atoms with Gasteiger partial charge in [0.25, 0.3) is 5.91 Å². The maximum atomic E-state index is 13.5. The standard InChI is InChI=1S/C29H29N3O3/c1-3-31-16-18-32(19-17-31)25-15-8-7-14-24(25)30-29(34)23-13-9-12-22-26(33)20(2)27(35-28(22)23)21-10-5-4-6-11-21/h4-15H,3,16-19H2,1-2H3,(H,30,34). The van der Waals surface area contributed by atoms with Crippen molar-refractivity contribution in [1.82, 2.24) is 4.90 Å². The van der Waals surface area contributed by atoms with E-state index in [1.807, 2.05) is 54.6 Å². The second-order valence-electron chi connectivity index (χ2n) is 8.83. The van der Waals surface area contributed by atoms with E-state index in [4.69, 9.17) is 4.42 Å². The Labute approximate surface area is 204 Å². The van der Waals surface area contributed by atoms with Crippen molar-refractivity contribution < 1.29 is 9.21 Å². The monoisotopic (exact) mass is 467 g/mol. The number of fused-ring (bicyclic) bond motifs is 1. The highest BCUT2D eigenvalue weighted by Crippen LogP contribution is 2.30. The minimum absolute atomic E-state index is 0.131. The predicted molar refractivity (Wildman–Crippen MR) is 141 cm³/mol. The lowest BCUT2D eigenvalue weighted by Gasteiger charge is -2.36. The molecule has 1 saturated heterocycles. The van der Waals surface area contributed by atoms with Crippen LogP contribution in [-0.2, 0) is 0 Å². The van der Waals surface area contributed by atoms with Gasteiger partial charge in [-0.3, -0.25) is 9.59 Å². The Morgan fingerprint density at radius 1 is 0.914 bits per heavy atom. The first-order chi connectivity index (χ1) is 17.1. The van der Waals surface area contributed by atoms with Crippen molar-refractivity contribution in [1.29, 1.82) is 0 Å². The van der Waals surface area contributed by atoms with Crippen LogP contribution in [0.5, 0.6) is 0 Å². The molecule has 2 heterocycles. The van der Waals surface area contributed by atoms with Gasteiger partial charge in [-0.05, 0) is 37.7 Å². The summed E-state index contributed by atoms with van der Waals surface area (Å²) in [6, 6.07) is 22.5. The molecule has 1 N–H and O–H groups in total. The summed E-state index contributed by atoms with van der Waals surface area (Å²) >= 11 is 0. The molecule has 0 radical (unpaired) electrons. The normalized spacial score (nSPS) is 14.3. The summed E-state index contributed by atoms with van der Waals surface area (Å²) in [4.78, 5) is 31.4. The molecule has 3 aromatic carbocycles. The van der Waals surface area contributed by atoms with E-state index in [2.05, 4.69) is 22.0 Å². The smallest absolute Gasteiger partial charge is 0.259 e. The number of benzene rings is 3. The third-order valence-electron chi connectivity index (χ3n) is 6.74. The average molecular weight is 468 g/mol. The van der Waals surface area contributed by atoms with Gasteiger partial charge in [0.1, 0.15) is 5.76 Å². The Balaban J connectivity index is 1.51. The van der Waals surface area contributed by atoms with Crippen LogP contribution in [0.2, 0.25) is 0 Å². The van der Waals surface area contributed by atoms with E-state index >= 15 is 0 Å². The molecule has 0 unspecified atom stereocenters. The minimum atomic E-state index is -0.304. The maximum Gasteiger partial charge on any atom is 0.259 e. The van der Waals surface area contributed by atoms with Crippen molar-refractivity contribution in [3.63, 3.8) is 0 Å². The van der Waals surface area contributed by atoms with E-state index in [0.29, 0.717) is 27.9 Å². The van der Waals surface area contributed by atoms with E-state index < -0.39 is 0 Å². The molecular weight excluding hydrogens is 438 g/mol. The lowest BCUT2D eigenvalue weighted by molar-refractivity contribution is 0.102. The van der Waals surface area contributed by atoms with Crippen LogP contribution in [0.1, 0.15) is 22.8 Å². The van der Waals surface area contributed by atoms with Gasteiger partial charge in [0.05, 0.1) is 22.3 Å². The molecule has 1 aliphatic rings. The van der Waals surface area contributed by atoms with Crippen molar-refractivity contribution in [3.05, 3.63) is 94.1 Å². The first kappa shape index (κ1) is 22.9. The maximum absolute atomic E-state index is 13.5. The molecule has 0 bridgehead atoms. The number of piperazine rings is 1. The van der Waals surface area contributed by atoms with Gasteiger partial charge in [-0.1, -0.05) is 55.5 Å². The second-order valence-corrected chi connectivity index (χ2v) is 8.83. The fraction of sp³-hybridized carbons (Fsp3) is 0.241. The number of para-hydroxylation sites is 3. The second kappa shape index (κ2) is 9.76. The molecule has 0 aliphatic carbocycles. The highest BCUT2D eigenvalue weighted by molar-refractivity contribution is 6.12. The number of likely N-dealkylation sites (N-methyl/N-ethyl adjacent to an activating group) is 1. The molecule has 1 aliphatic heterocycles. The molecule has 5 rings (SSSR count). The largest absolute Gasteiger partial charge is 0.455 e. The summed E-state index contributed by atoms with van der Waals surface area (Å²) in [6.07, 6.45) is 0. The quantitative estimate of drug-likeness (QED) is 0.439. The Kier molecular flexibility index (Phi) is 6.38. The highest BCUT2D eigenvalue weighted by atomic mass is 16.3. The van der Waals surface area contributed by atoms with Crippen LogP contribution in [0.3, 0.4) is 0 Å². The van der Waals surface area contributed by atoms with Crippen LogP contribution in [0, 0.1) is 6.92 Å². The van der Waals surface area contributed by atoms with Crippen molar-refractivity contribution in [2.45, 2.75) is 13.8 Å². The molecule has 0 saturated carbocycles. The Hall–Kier alpha value is -3.90. The van der Waals surface area contributed by atoms with Gasteiger partial charge >= 0.3 is 0 Å². The van der Waals surface area contributed by atoms with Crippen LogP contribution < -0.4 is 15.6 Å². The van der Waals surface area contributed by atoms with E-state index in [-0.39, 0.29) is 11.3 Å². The van der Waals surface area contributed by atoms with E-state index in [1.165, 1.54) is 0 Å². The number of carbonyl (C=O) groups excluding carboxylic acids is 1. The summed E-state index contributed by atoms with van der Waals surface area (Å²) in [5.41, 5.74) is 3.58. The van der Waals surface area contributed by atoms with Gasteiger partial charge in [-0.15, -0.1) is 0 Å². The average Bonchev–Trinajstić information content (AvgIpc) is 2.91. The van der Waals surface area contributed by atoms with Gasteiger partial charge in [-0.2, -0.15) is 0 Å². The van der Waals surface area contributed by atoms with Gasteiger partial charge < -0.3 is 19.5 Å². The number of hydrogen-bond donors (Lipinski definition) is 1. The number of nitrogens with zero attached hydrogens (tertiary/aromatic N) is 2. The molecule has 0 atom stereocenters. The van der Waals surface area contributed by atoms with Gasteiger partial charge in [0.15, 0.2) is 11.0 Å². The lowest BCUT2D eigenvalue weighted by atomic mass is 10.0. The van der Waals surface area contributed by atoms with Crippen LogP contribution in [0.4, 0.5) is 11.4 Å². The molecule has 178 valence electrons. The lowest BCUT2D eigenvalue weighted by Crippen LogP contribution is -2.46. The predicted octanol–water partition coefficient (Wildman–Crippen LogP) is 5.16. The van der Waals surface area contributed by atoms with Crippen molar-refractivity contribution in [3.8, 4) is 11.3 Å². The molecular formula is C29H29N3O3. The van der Waals surface area contributed by atoms with Crippen LogP contribution in [-0.4, -0.2) is 43.5 Å². The highest BCUT2D eigenvalue weighted by Gasteiger charge is 2.21. The minimum Gasteiger partial charge on any atom is -0.455 e. The van der Waals surface area contributed by atoms with Crippen molar-refractivity contribution in [2.24, 2.45) is 0 Å². The van der Waals surface area contributed by atoms with Gasteiger partial charge in [0, 0.05) is 37.3 Å². The number of anilines is 2. The Morgan fingerprint density at radius 3 is 2.37 bits per heavy atom. The number of hydrogen-bond acceptors (Lipinski definition) is 5. The zero-order chi connectivity index (χ0) is 24.4. The van der Waals surface area contributed by atoms with Gasteiger partial charge in [0.2, 0.25) is 0 Å². The SMILES string of the molecule is CCN1CCN(c2ccccc2NC(=O)c2cccc3c(=O)c(C)c(-c4ccccc4)oc23)CC1. The molecule has 1 amide bonds. The fourth-order valence-electron chi connectivity index (χ4n) is 4.70. The number of nitrogens with one attached hydrogen (secondary N) is 1. The van der Waals surface area contributed by atoms with Crippen LogP contribution in [0.15, 0.2) is 82.0 Å². The topological polar surface area (TPSA) is 65.8 Å². The molecule has 35 heavy (non-hydrogen) atoms. The van der Waals surface area contributed by atoms with Crippen molar-refractivity contribution >= 4 is 28.3 Å². The van der Waals surface area contributed by atoms with Crippen molar-refractivity contribution in [2.75, 3.05) is 42.9 Å². The third-order valence-corrected chi connectivity index (χ3v) is 6.74. The van der Waals surface area contributed by atoms with E-state index in [9.17, 15) is 9.59 Å². The molecule has 1 aromatic heterocycles. The Morgan fingerprint density at radius 2 is 1.63 bits per heavy atom. The molecule has 6 heteroatoms. The molecule has 4 aromatic rings.